The highest BCUT2D eigenvalue weighted by atomic mass is 35.5. The summed E-state index contributed by atoms with van der Waals surface area (Å²) >= 11 is 17.7. The molecule has 0 N–H and O–H groups in total. The third-order valence-corrected chi connectivity index (χ3v) is 3.08. The molecular weight excluding hydrogens is 307 g/mol. The maximum Gasteiger partial charge on any atom is 0.335 e. The molecule has 1 aromatic rings. The van der Waals surface area contributed by atoms with Crippen molar-refractivity contribution >= 4 is 45.8 Å². The molecule has 1 rings (SSSR count). The zero-order valence-electron chi connectivity index (χ0n) is 10.3. The van der Waals surface area contributed by atoms with Crippen LogP contribution in [0.2, 0.25) is 5.02 Å². The maximum atomic E-state index is 11.5. The quantitative estimate of drug-likeness (QED) is 0.342. The van der Waals surface area contributed by atoms with Crippen LogP contribution in [0.1, 0.15) is 12.5 Å². The zero-order valence-corrected chi connectivity index (χ0v) is 12.6. The Labute approximate surface area is 127 Å². The van der Waals surface area contributed by atoms with Gasteiger partial charge in [-0.15, -0.1) is 11.6 Å². The molecule has 0 bridgehead atoms. The van der Waals surface area contributed by atoms with Crippen LogP contribution < -0.4 is 0 Å². The number of halogens is 3. The molecule has 0 unspecified atom stereocenters. The van der Waals surface area contributed by atoms with Gasteiger partial charge in [-0.1, -0.05) is 35.3 Å². The molecule has 0 aromatic heterocycles. The summed E-state index contributed by atoms with van der Waals surface area (Å²) in [5.41, 5.74) is 1.12. The maximum absolute atomic E-state index is 11.5. The first-order chi connectivity index (χ1) is 9.08. The molecule has 0 radical (unpaired) electrons. The normalized spacial score (nSPS) is 12.4. The van der Waals surface area contributed by atoms with Gasteiger partial charge in [-0.2, -0.15) is 0 Å². The monoisotopic (exact) mass is 318 g/mol. The second kappa shape index (κ2) is 8.26. The molecule has 0 fully saturated rings. The van der Waals surface area contributed by atoms with Crippen LogP contribution in [-0.2, 0) is 9.53 Å². The van der Waals surface area contributed by atoms with Gasteiger partial charge in [0.1, 0.15) is 0 Å². The van der Waals surface area contributed by atoms with E-state index in [0.717, 1.165) is 5.56 Å². The van der Waals surface area contributed by atoms with E-state index in [9.17, 15) is 4.79 Å². The average Bonchev–Trinajstić information content (AvgIpc) is 2.39. The van der Waals surface area contributed by atoms with Crippen LogP contribution in [0.25, 0.3) is 5.03 Å². The molecule has 1 aromatic carbocycles. The number of hydrogen-bond donors (Lipinski definition) is 0. The molecule has 5 heteroatoms. The van der Waals surface area contributed by atoms with E-state index in [2.05, 4.69) is 0 Å². The first-order valence-corrected chi connectivity index (χ1v) is 6.93. The van der Waals surface area contributed by atoms with E-state index in [1.54, 1.807) is 37.3 Å². The number of esters is 1. The van der Waals surface area contributed by atoms with Crippen molar-refractivity contribution in [1.82, 2.24) is 0 Å². The summed E-state index contributed by atoms with van der Waals surface area (Å²) in [6.07, 6.45) is 3.15. The molecule has 19 heavy (non-hydrogen) atoms. The molecule has 0 aliphatic rings. The number of allylic oxidation sites excluding steroid dienone is 2. The Hall–Kier alpha value is -0.960. The van der Waals surface area contributed by atoms with Crippen LogP contribution in [0, 0.1) is 0 Å². The minimum absolute atomic E-state index is 0.0645. The average molecular weight is 320 g/mol. The number of ether oxygens (including phenoxy) is 1. The highest BCUT2D eigenvalue weighted by molar-refractivity contribution is 6.49. The minimum Gasteiger partial charge on any atom is -0.463 e. The number of alkyl halides is 1. The summed E-state index contributed by atoms with van der Waals surface area (Å²) in [5.74, 6) is -0.376. The summed E-state index contributed by atoms with van der Waals surface area (Å²) in [6, 6.07) is 7.11. The van der Waals surface area contributed by atoms with E-state index in [1.165, 1.54) is 0 Å². The lowest BCUT2D eigenvalue weighted by atomic mass is 10.2. The van der Waals surface area contributed by atoms with Gasteiger partial charge in [-0.3, -0.25) is 0 Å². The Bertz CT molecular complexity index is 507. The van der Waals surface area contributed by atoms with Crippen molar-refractivity contribution in [3.05, 3.63) is 52.6 Å². The fourth-order valence-electron chi connectivity index (χ4n) is 1.30. The Morgan fingerprint density at radius 3 is 2.68 bits per heavy atom. The van der Waals surface area contributed by atoms with E-state index in [4.69, 9.17) is 39.5 Å². The summed E-state index contributed by atoms with van der Waals surface area (Å²) in [7, 11) is 0. The molecule has 0 saturated carbocycles. The molecule has 0 aliphatic carbocycles. The zero-order chi connectivity index (χ0) is 14.3. The van der Waals surface area contributed by atoms with Crippen LogP contribution in [0.4, 0.5) is 0 Å². The van der Waals surface area contributed by atoms with Gasteiger partial charge >= 0.3 is 5.97 Å². The van der Waals surface area contributed by atoms with Gasteiger partial charge in [0.2, 0.25) is 0 Å². The molecule has 0 spiro atoms. The summed E-state index contributed by atoms with van der Waals surface area (Å²) in [4.78, 5) is 11.5. The van der Waals surface area contributed by atoms with Gasteiger partial charge in [0.25, 0.3) is 0 Å². The summed E-state index contributed by atoms with van der Waals surface area (Å²) in [6.45, 7) is 2.04. The topological polar surface area (TPSA) is 26.3 Å². The van der Waals surface area contributed by atoms with E-state index in [1.807, 2.05) is 6.07 Å². The largest absolute Gasteiger partial charge is 0.463 e. The van der Waals surface area contributed by atoms with Gasteiger partial charge in [-0.25, -0.2) is 4.79 Å². The number of rotatable bonds is 5. The van der Waals surface area contributed by atoms with Crippen LogP contribution >= 0.6 is 34.8 Å². The Morgan fingerprint density at radius 2 is 2.11 bits per heavy atom. The lowest BCUT2D eigenvalue weighted by Crippen LogP contribution is -2.08. The molecule has 2 nitrogen and oxygen atoms in total. The van der Waals surface area contributed by atoms with Gasteiger partial charge < -0.3 is 4.74 Å². The smallest absolute Gasteiger partial charge is 0.335 e. The fourth-order valence-corrected chi connectivity index (χ4v) is 1.87. The van der Waals surface area contributed by atoms with Gasteiger partial charge in [-0.05, 0) is 36.8 Å². The molecule has 0 amide bonds. The van der Waals surface area contributed by atoms with E-state index >= 15 is 0 Å². The van der Waals surface area contributed by atoms with Crippen LogP contribution in [-0.4, -0.2) is 18.5 Å². The molecule has 0 saturated heterocycles. The van der Waals surface area contributed by atoms with Crippen LogP contribution in [0.3, 0.4) is 0 Å². The predicted molar refractivity (Wildman–Crippen MR) is 80.7 cm³/mol. The first kappa shape index (κ1) is 16.1. The third-order valence-electron chi connectivity index (χ3n) is 2.21. The Morgan fingerprint density at radius 1 is 1.37 bits per heavy atom. The van der Waals surface area contributed by atoms with E-state index in [-0.39, 0.29) is 5.88 Å². The van der Waals surface area contributed by atoms with Crippen molar-refractivity contribution < 1.29 is 9.53 Å². The lowest BCUT2D eigenvalue weighted by Gasteiger charge is -2.02. The van der Waals surface area contributed by atoms with Crippen LogP contribution in [0.15, 0.2) is 42.0 Å². The third kappa shape index (κ3) is 5.27. The minimum atomic E-state index is -0.440. The van der Waals surface area contributed by atoms with Crippen molar-refractivity contribution in [3.8, 4) is 0 Å². The van der Waals surface area contributed by atoms with Gasteiger partial charge in [0.05, 0.1) is 18.1 Å². The number of carbonyl (C=O) groups excluding carboxylic acids is 1. The van der Waals surface area contributed by atoms with Crippen molar-refractivity contribution in [2.24, 2.45) is 0 Å². The highest BCUT2D eigenvalue weighted by Crippen LogP contribution is 2.22. The van der Waals surface area contributed by atoms with Crippen molar-refractivity contribution in [2.45, 2.75) is 6.92 Å². The highest BCUT2D eigenvalue weighted by Gasteiger charge is 2.08. The van der Waals surface area contributed by atoms with Gasteiger partial charge in [0.15, 0.2) is 0 Å². The summed E-state index contributed by atoms with van der Waals surface area (Å²) in [5, 5.41) is 1.06. The van der Waals surface area contributed by atoms with Crippen LogP contribution in [0.5, 0.6) is 0 Å². The second-order valence-electron chi connectivity index (χ2n) is 3.57. The molecule has 102 valence electrons. The molecule has 0 atom stereocenters. The molecule has 0 aliphatic heterocycles. The second-order valence-corrected chi connectivity index (χ2v) is 4.68. The standard InChI is InChI=1S/C14H13Cl3O2/c1-2-19-14(18)11(9-15)6-7-13(17)10-4-3-5-12(16)8-10/h3-8H,2,9H2,1H3/b11-6+,13-7-. The van der Waals surface area contributed by atoms with Crippen molar-refractivity contribution in [3.63, 3.8) is 0 Å². The van der Waals surface area contributed by atoms with Gasteiger partial charge in [0, 0.05) is 10.1 Å². The van der Waals surface area contributed by atoms with Crippen molar-refractivity contribution in [1.29, 1.82) is 0 Å². The van der Waals surface area contributed by atoms with E-state index in [0.29, 0.717) is 22.2 Å². The Balaban J connectivity index is 2.91. The number of benzene rings is 1. The first-order valence-electron chi connectivity index (χ1n) is 5.63. The summed E-state index contributed by atoms with van der Waals surface area (Å²) < 4.78 is 4.87. The fraction of sp³-hybridized carbons (Fsp3) is 0.214. The Kier molecular flexibility index (Phi) is 7.00. The van der Waals surface area contributed by atoms with Crippen molar-refractivity contribution in [2.75, 3.05) is 12.5 Å². The molecular formula is C14H13Cl3O2. The predicted octanol–water partition coefficient (Wildman–Crippen LogP) is 4.65. The van der Waals surface area contributed by atoms with E-state index < -0.39 is 5.97 Å². The lowest BCUT2D eigenvalue weighted by molar-refractivity contribution is -0.138. The SMILES string of the molecule is CCOC(=O)/C(=C/C=C(\Cl)c1cccc(Cl)c1)CCl. The molecule has 0 heterocycles. The number of hydrogen-bond acceptors (Lipinski definition) is 2. The number of carbonyl (C=O) groups is 1.